The lowest BCUT2D eigenvalue weighted by Gasteiger charge is -2.21. The molecule has 0 amide bonds. The quantitative estimate of drug-likeness (QED) is 0.783. The highest BCUT2D eigenvalue weighted by Gasteiger charge is 2.22. The maximum atomic E-state index is 4.41. The third kappa shape index (κ3) is 4.58. The van der Waals surface area contributed by atoms with E-state index in [4.69, 9.17) is 0 Å². The zero-order chi connectivity index (χ0) is 16.2. The van der Waals surface area contributed by atoms with Crippen LogP contribution in [0.3, 0.4) is 0 Å². The molecule has 9 heteroatoms. The fourth-order valence-electron chi connectivity index (χ4n) is 2.71. The standard InChI is InChI=1S/C15H23N7S.ClH/c1-10(2)19-12-8-13(18-9-17-12)23-15-21-20-14(22(15)3)11-4-6-16-7-5-11;/h8-11,16H,4-7H2,1-3H3,(H,17,18,19);1H. The summed E-state index contributed by atoms with van der Waals surface area (Å²) in [6, 6.07) is 2.29. The van der Waals surface area contributed by atoms with Crippen LogP contribution in [0.2, 0.25) is 0 Å². The lowest BCUT2D eigenvalue weighted by Crippen LogP contribution is -2.27. The van der Waals surface area contributed by atoms with Gasteiger partial charge < -0.3 is 15.2 Å². The Kier molecular flexibility index (Phi) is 6.82. The molecule has 1 aliphatic heterocycles. The van der Waals surface area contributed by atoms with Gasteiger partial charge in [-0.25, -0.2) is 9.97 Å². The van der Waals surface area contributed by atoms with E-state index in [2.05, 4.69) is 49.2 Å². The van der Waals surface area contributed by atoms with E-state index in [0.717, 1.165) is 47.8 Å². The second-order valence-corrected chi connectivity index (χ2v) is 7.05. The van der Waals surface area contributed by atoms with E-state index < -0.39 is 0 Å². The Morgan fingerprint density at radius 3 is 2.71 bits per heavy atom. The number of nitrogens with zero attached hydrogens (tertiary/aromatic N) is 5. The van der Waals surface area contributed by atoms with Gasteiger partial charge in [0.1, 0.15) is 23.0 Å². The van der Waals surface area contributed by atoms with E-state index in [1.54, 1.807) is 6.33 Å². The molecule has 0 radical (unpaired) electrons. The van der Waals surface area contributed by atoms with Crippen LogP contribution in [-0.2, 0) is 7.05 Å². The van der Waals surface area contributed by atoms with Crippen molar-refractivity contribution >= 4 is 30.0 Å². The molecule has 0 unspecified atom stereocenters. The second-order valence-electron chi connectivity index (χ2n) is 6.07. The third-order valence-corrected chi connectivity index (χ3v) is 4.82. The van der Waals surface area contributed by atoms with E-state index in [-0.39, 0.29) is 12.4 Å². The summed E-state index contributed by atoms with van der Waals surface area (Å²) in [6.07, 6.45) is 3.82. The van der Waals surface area contributed by atoms with Crippen LogP contribution in [0.25, 0.3) is 0 Å². The maximum Gasteiger partial charge on any atom is 0.197 e. The molecule has 24 heavy (non-hydrogen) atoms. The molecule has 0 bridgehead atoms. The molecule has 2 aromatic rings. The average molecular weight is 370 g/mol. The van der Waals surface area contributed by atoms with Gasteiger partial charge in [0.15, 0.2) is 5.16 Å². The van der Waals surface area contributed by atoms with E-state index >= 15 is 0 Å². The summed E-state index contributed by atoms with van der Waals surface area (Å²) in [4.78, 5) is 8.56. The smallest absolute Gasteiger partial charge is 0.197 e. The molecular formula is C15H24ClN7S. The van der Waals surface area contributed by atoms with E-state index in [1.807, 2.05) is 13.1 Å². The molecule has 0 saturated carbocycles. The first-order valence-corrected chi connectivity index (χ1v) is 8.81. The predicted octanol–water partition coefficient (Wildman–Crippen LogP) is 2.47. The number of aromatic nitrogens is 5. The Morgan fingerprint density at radius 1 is 1.25 bits per heavy atom. The lowest BCUT2D eigenvalue weighted by atomic mass is 9.97. The summed E-state index contributed by atoms with van der Waals surface area (Å²) in [5.41, 5.74) is 0. The molecule has 0 aliphatic carbocycles. The minimum absolute atomic E-state index is 0. The van der Waals surface area contributed by atoms with E-state index in [1.165, 1.54) is 11.8 Å². The molecule has 0 atom stereocenters. The molecule has 0 aromatic carbocycles. The Bertz CT molecular complexity index is 655. The number of hydrogen-bond acceptors (Lipinski definition) is 7. The largest absolute Gasteiger partial charge is 0.368 e. The van der Waals surface area contributed by atoms with Crippen LogP contribution in [0, 0.1) is 0 Å². The maximum absolute atomic E-state index is 4.41. The van der Waals surface area contributed by atoms with Gasteiger partial charge in [-0.3, -0.25) is 0 Å². The van der Waals surface area contributed by atoms with Crippen molar-refractivity contribution in [3.05, 3.63) is 18.2 Å². The Morgan fingerprint density at radius 2 is 2.00 bits per heavy atom. The van der Waals surface area contributed by atoms with E-state index in [0.29, 0.717) is 12.0 Å². The molecule has 0 spiro atoms. The van der Waals surface area contributed by atoms with Crippen LogP contribution in [0.15, 0.2) is 22.6 Å². The third-order valence-electron chi connectivity index (χ3n) is 3.85. The van der Waals surface area contributed by atoms with Crippen molar-refractivity contribution in [2.24, 2.45) is 7.05 Å². The van der Waals surface area contributed by atoms with Gasteiger partial charge in [0.2, 0.25) is 0 Å². The molecule has 1 aliphatic rings. The van der Waals surface area contributed by atoms with Crippen LogP contribution in [-0.4, -0.2) is 43.9 Å². The van der Waals surface area contributed by atoms with Crippen molar-refractivity contribution in [1.82, 2.24) is 30.0 Å². The van der Waals surface area contributed by atoms with Crippen molar-refractivity contribution in [3.63, 3.8) is 0 Å². The number of halogens is 1. The summed E-state index contributed by atoms with van der Waals surface area (Å²) in [6.45, 7) is 6.28. The Hall–Kier alpha value is -1.38. The number of hydrogen-bond donors (Lipinski definition) is 2. The molecule has 132 valence electrons. The molecule has 2 N–H and O–H groups in total. The number of rotatable bonds is 5. The van der Waals surface area contributed by atoms with Gasteiger partial charge in [0, 0.05) is 25.1 Å². The van der Waals surface area contributed by atoms with Gasteiger partial charge in [-0.2, -0.15) is 0 Å². The Labute approximate surface area is 152 Å². The van der Waals surface area contributed by atoms with Crippen molar-refractivity contribution in [2.45, 2.75) is 48.8 Å². The highest BCUT2D eigenvalue weighted by Crippen LogP contribution is 2.29. The van der Waals surface area contributed by atoms with Crippen LogP contribution < -0.4 is 10.6 Å². The van der Waals surface area contributed by atoms with Gasteiger partial charge in [0.05, 0.1) is 0 Å². The molecule has 7 nitrogen and oxygen atoms in total. The minimum atomic E-state index is 0. The zero-order valence-electron chi connectivity index (χ0n) is 14.2. The summed E-state index contributed by atoms with van der Waals surface area (Å²) >= 11 is 1.52. The summed E-state index contributed by atoms with van der Waals surface area (Å²) in [5, 5.41) is 17.2. The SMILES string of the molecule is CC(C)Nc1cc(Sc2nnc(C3CCNCC3)n2C)ncn1.Cl. The number of nitrogens with one attached hydrogen (secondary N) is 2. The average Bonchev–Trinajstić information content (AvgIpc) is 2.89. The molecule has 3 rings (SSSR count). The minimum Gasteiger partial charge on any atom is -0.368 e. The first-order chi connectivity index (χ1) is 11.1. The van der Waals surface area contributed by atoms with Gasteiger partial charge in [-0.1, -0.05) is 0 Å². The van der Waals surface area contributed by atoms with Gasteiger partial charge in [-0.05, 0) is 51.5 Å². The molecule has 1 fully saturated rings. The molecule has 1 saturated heterocycles. The van der Waals surface area contributed by atoms with Gasteiger partial charge >= 0.3 is 0 Å². The van der Waals surface area contributed by atoms with Crippen molar-refractivity contribution in [1.29, 1.82) is 0 Å². The van der Waals surface area contributed by atoms with E-state index in [9.17, 15) is 0 Å². The zero-order valence-corrected chi connectivity index (χ0v) is 15.8. The first-order valence-electron chi connectivity index (χ1n) is 8.00. The number of anilines is 1. The van der Waals surface area contributed by atoms with Gasteiger partial charge in [0.25, 0.3) is 0 Å². The summed E-state index contributed by atoms with van der Waals surface area (Å²) in [5.74, 6) is 2.40. The normalized spacial score (nSPS) is 15.3. The topological polar surface area (TPSA) is 80.5 Å². The predicted molar refractivity (Wildman–Crippen MR) is 98.0 cm³/mol. The van der Waals surface area contributed by atoms with Crippen LogP contribution >= 0.6 is 24.2 Å². The number of piperidine rings is 1. The van der Waals surface area contributed by atoms with Gasteiger partial charge in [-0.15, -0.1) is 22.6 Å². The lowest BCUT2D eigenvalue weighted by molar-refractivity contribution is 0.434. The van der Waals surface area contributed by atoms with Crippen LogP contribution in [0.4, 0.5) is 5.82 Å². The first kappa shape index (κ1) is 19.0. The highest BCUT2D eigenvalue weighted by molar-refractivity contribution is 7.99. The van der Waals surface area contributed by atoms with Crippen molar-refractivity contribution in [2.75, 3.05) is 18.4 Å². The summed E-state index contributed by atoms with van der Waals surface area (Å²) in [7, 11) is 2.04. The van der Waals surface area contributed by atoms with Crippen molar-refractivity contribution < 1.29 is 0 Å². The monoisotopic (exact) mass is 369 g/mol. The van der Waals surface area contributed by atoms with Crippen LogP contribution in [0.5, 0.6) is 0 Å². The second kappa shape index (κ2) is 8.64. The van der Waals surface area contributed by atoms with Crippen molar-refractivity contribution in [3.8, 4) is 0 Å². The molecule has 3 heterocycles. The summed E-state index contributed by atoms with van der Waals surface area (Å²) < 4.78 is 2.10. The highest BCUT2D eigenvalue weighted by atomic mass is 35.5. The van der Waals surface area contributed by atoms with Crippen LogP contribution in [0.1, 0.15) is 38.4 Å². The fraction of sp³-hybridized carbons (Fsp3) is 0.600. The molecular weight excluding hydrogens is 346 g/mol. The molecule has 2 aromatic heterocycles. The Balaban J connectivity index is 0.00000208. The fourth-order valence-corrected chi connectivity index (χ4v) is 3.48.